The quantitative estimate of drug-likeness (QED) is 0.522. The van der Waals surface area contributed by atoms with Crippen molar-refractivity contribution in [3.63, 3.8) is 0 Å². The molecule has 4 aromatic rings. The lowest BCUT2D eigenvalue weighted by molar-refractivity contribution is 0.113. The van der Waals surface area contributed by atoms with Crippen LogP contribution in [0, 0.1) is 5.92 Å². The number of hydrogen-bond acceptors (Lipinski definition) is 5. The van der Waals surface area contributed by atoms with Gasteiger partial charge in [0.2, 0.25) is 5.43 Å². The summed E-state index contributed by atoms with van der Waals surface area (Å²) in [6, 6.07) is 18.2. The number of rotatable bonds is 3. The highest BCUT2D eigenvalue weighted by atomic mass is 16.3. The average molecular weight is 440 g/mol. The third-order valence-corrected chi connectivity index (χ3v) is 7.04. The van der Waals surface area contributed by atoms with Gasteiger partial charge in [-0.2, -0.15) is 0 Å². The fourth-order valence-electron chi connectivity index (χ4n) is 5.57. The molecule has 4 heterocycles. The molecule has 166 valence electrons. The maximum Gasteiger partial charge on any atom is 0.250 e. The molecule has 6 nitrogen and oxygen atoms in total. The van der Waals surface area contributed by atoms with Crippen molar-refractivity contribution < 1.29 is 9.52 Å². The second-order valence-electron chi connectivity index (χ2n) is 9.18. The molecule has 2 atom stereocenters. The standard InChI is InChI=1S/C27H24N2O4/c30-24-10-9-20-26(32)22(18-5-2-1-3-6-18)16-33-27(20)21(24)15-28-12-17-11-19(14-28)23-7-4-8-25(31)29(23)13-17/h1-10,16-17,19,30H,11-15H2. The molecule has 1 fully saturated rings. The molecule has 0 spiro atoms. The van der Waals surface area contributed by atoms with E-state index in [9.17, 15) is 14.7 Å². The van der Waals surface area contributed by atoms with Crippen molar-refractivity contribution in [2.75, 3.05) is 13.1 Å². The Labute approximate surface area is 190 Å². The predicted molar refractivity (Wildman–Crippen MR) is 126 cm³/mol. The highest BCUT2D eigenvalue weighted by Crippen LogP contribution is 2.37. The van der Waals surface area contributed by atoms with Gasteiger partial charge in [0.15, 0.2) is 0 Å². The summed E-state index contributed by atoms with van der Waals surface area (Å²) in [7, 11) is 0. The smallest absolute Gasteiger partial charge is 0.250 e. The van der Waals surface area contributed by atoms with Crippen LogP contribution in [0.25, 0.3) is 22.1 Å². The first-order valence-corrected chi connectivity index (χ1v) is 11.3. The molecule has 2 aromatic heterocycles. The summed E-state index contributed by atoms with van der Waals surface area (Å²) in [5.74, 6) is 0.788. The molecule has 0 aliphatic carbocycles. The molecule has 0 amide bonds. The van der Waals surface area contributed by atoms with Gasteiger partial charge in [-0.1, -0.05) is 36.4 Å². The van der Waals surface area contributed by atoms with Gasteiger partial charge < -0.3 is 14.1 Å². The van der Waals surface area contributed by atoms with E-state index in [4.69, 9.17) is 4.42 Å². The Morgan fingerprint density at radius 1 is 0.939 bits per heavy atom. The van der Waals surface area contributed by atoms with Gasteiger partial charge in [0.05, 0.1) is 16.5 Å². The number of fused-ring (bicyclic) bond motifs is 5. The van der Waals surface area contributed by atoms with Gasteiger partial charge in [-0.05, 0) is 36.1 Å². The molecule has 2 unspecified atom stereocenters. The number of pyridine rings is 1. The maximum absolute atomic E-state index is 13.2. The van der Waals surface area contributed by atoms with E-state index < -0.39 is 0 Å². The zero-order chi connectivity index (χ0) is 22.5. The second kappa shape index (κ2) is 7.74. The Morgan fingerprint density at radius 2 is 1.79 bits per heavy atom. The first-order valence-electron chi connectivity index (χ1n) is 11.3. The Hall–Kier alpha value is -3.64. The van der Waals surface area contributed by atoms with Crippen LogP contribution in [0.3, 0.4) is 0 Å². The fraction of sp³-hybridized carbons (Fsp3) is 0.259. The van der Waals surface area contributed by atoms with Crippen LogP contribution in [-0.4, -0.2) is 27.7 Å². The van der Waals surface area contributed by atoms with Crippen LogP contribution in [0.4, 0.5) is 0 Å². The van der Waals surface area contributed by atoms with Crippen LogP contribution in [0.5, 0.6) is 5.75 Å². The van der Waals surface area contributed by atoms with Gasteiger partial charge in [-0.3, -0.25) is 14.5 Å². The number of aromatic nitrogens is 1. The SMILES string of the molecule is O=c1c(-c2ccccc2)coc2c(CN3CC4CC(C3)c3cccc(=O)n3C4)c(O)ccc12. The molecule has 0 radical (unpaired) electrons. The van der Waals surface area contributed by atoms with Crippen LogP contribution >= 0.6 is 0 Å². The molecule has 2 bridgehead atoms. The number of piperidine rings is 1. The van der Waals surface area contributed by atoms with E-state index >= 15 is 0 Å². The predicted octanol–water partition coefficient (Wildman–Crippen LogP) is 3.95. The summed E-state index contributed by atoms with van der Waals surface area (Å²) in [6.45, 7) is 2.83. The molecule has 1 N–H and O–H groups in total. The molecule has 2 aliphatic rings. The summed E-state index contributed by atoms with van der Waals surface area (Å²) in [5.41, 5.74) is 3.44. The van der Waals surface area contributed by atoms with Crippen molar-refractivity contribution in [1.82, 2.24) is 9.47 Å². The number of benzene rings is 2. The van der Waals surface area contributed by atoms with E-state index in [0.29, 0.717) is 34.6 Å². The molecule has 6 rings (SSSR count). The molecule has 2 aromatic carbocycles. The van der Waals surface area contributed by atoms with Gasteiger partial charge in [-0.25, -0.2) is 0 Å². The Kier molecular flexibility index (Phi) is 4.69. The number of likely N-dealkylation sites (tertiary alicyclic amines) is 1. The maximum atomic E-state index is 13.2. The molecule has 0 saturated carbocycles. The number of hydrogen-bond donors (Lipinski definition) is 1. The van der Waals surface area contributed by atoms with Crippen LogP contribution in [-0.2, 0) is 13.1 Å². The van der Waals surface area contributed by atoms with Crippen LogP contribution in [0.2, 0.25) is 0 Å². The van der Waals surface area contributed by atoms with Crippen molar-refractivity contribution in [3.8, 4) is 16.9 Å². The number of nitrogens with zero attached hydrogens (tertiary/aromatic N) is 2. The lowest BCUT2D eigenvalue weighted by Crippen LogP contribution is -2.46. The van der Waals surface area contributed by atoms with Crippen molar-refractivity contribution in [2.45, 2.75) is 25.4 Å². The van der Waals surface area contributed by atoms with Crippen LogP contribution in [0.1, 0.15) is 23.6 Å². The van der Waals surface area contributed by atoms with E-state index in [1.165, 1.54) is 6.26 Å². The fourth-order valence-corrected chi connectivity index (χ4v) is 5.57. The number of phenolic OH excluding ortho intramolecular Hbond substituents is 1. The van der Waals surface area contributed by atoms with Crippen molar-refractivity contribution in [3.05, 3.63) is 98.8 Å². The average Bonchev–Trinajstić information content (AvgIpc) is 2.82. The Balaban J connectivity index is 1.36. The van der Waals surface area contributed by atoms with E-state index in [-0.39, 0.29) is 22.7 Å². The molecule has 33 heavy (non-hydrogen) atoms. The largest absolute Gasteiger partial charge is 0.507 e. The minimum atomic E-state index is -0.104. The third kappa shape index (κ3) is 3.38. The van der Waals surface area contributed by atoms with Crippen molar-refractivity contribution in [1.29, 1.82) is 0 Å². The summed E-state index contributed by atoms with van der Waals surface area (Å²) < 4.78 is 7.88. The van der Waals surface area contributed by atoms with Crippen LogP contribution in [0.15, 0.2) is 80.9 Å². The van der Waals surface area contributed by atoms with E-state index in [0.717, 1.165) is 37.3 Å². The zero-order valence-electron chi connectivity index (χ0n) is 18.1. The van der Waals surface area contributed by atoms with E-state index in [1.807, 2.05) is 47.0 Å². The topological polar surface area (TPSA) is 75.7 Å². The molecular weight excluding hydrogens is 416 g/mol. The minimum absolute atomic E-state index is 0.0679. The van der Waals surface area contributed by atoms with Gasteiger partial charge >= 0.3 is 0 Å². The lowest BCUT2D eigenvalue weighted by atomic mass is 9.83. The first kappa shape index (κ1) is 20.0. The zero-order valence-corrected chi connectivity index (χ0v) is 18.1. The first-order chi connectivity index (χ1) is 16.1. The molecule has 1 saturated heterocycles. The highest BCUT2D eigenvalue weighted by Gasteiger charge is 2.35. The van der Waals surface area contributed by atoms with E-state index in [2.05, 4.69) is 4.90 Å². The Bertz CT molecular complexity index is 1470. The van der Waals surface area contributed by atoms with E-state index in [1.54, 1.807) is 18.2 Å². The number of aromatic hydroxyl groups is 1. The molecular formula is C27H24N2O4. The third-order valence-electron chi connectivity index (χ3n) is 7.04. The molecule has 2 aliphatic heterocycles. The number of phenols is 1. The summed E-state index contributed by atoms with van der Waals surface area (Å²) >= 11 is 0. The lowest BCUT2D eigenvalue weighted by Gasteiger charge is -2.42. The van der Waals surface area contributed by atoms with Gasteiger partial charge in [0.1, 0.15) is 17.6 Å². The second-order valence-corrected chi connectivity index (χ2v) is 9.18. The molecule has 6 heteroatoms. The van der Waals surface area contributed by atoms with Crippen molar-refractivity contribution in [2.24, 2.45) is 5.92 Å². The van der Waals surface area contributed by atoms with Gasteiger partial charge in [0.25, 0.3) is 5.56 Å². The summed E-state index contributed by atoms with van der Waals surface area (Å²) in [4.78, 5) is 27.8. The van der Waals surface area contributed by atoms with Crippen LogP contribution < -0.4 is 11.0 Å². The summed E-state index contributed by atoms with van der Waals surface area (Å²) in [5, 5.41) is 11.2. The van der Waals surface area contributed by atoms with Gasteiger partial charge in [-0.15, -0.1) is 0 Å². The monoisotopic (exact) mass is 440 g/mol. The van der Waals surface area contributed by atoms with Crippen molar-refractivity contribution >= 4 is 11.0 Å². The minimum Gasteiger partial charge on any atom is -0.507 e. The van der Waals surface area contributed by atoms with Gasteiger partial charge in [0, 0.05) is 43.9 Å². The Morgan fingerprint density at radius 3 is 2.64 bits per heavy atom. The normalized spacial score (nSPS) is 20.0. The highest BCUT2D eigenvalue weighted by molar-refractivity contribution is 5.85. The summed E-state index contributed by atoms with van der Waals surface area (Å²) in [6.07, 6.45) is 2.56.